The number of carbonyl (C=O) groups is 1. The van der Waals surface area contributed by atoms with Gasteiger partial charge in [-0.05, 0) is 49.6 Å². The third-order valence-electron chi connectivity index (χ3n) is 6.48. The first kappa shape index (κ1) is 24.9. The van der Waals surface area contributed by atoms with Crippen LogP contribution in [0.5, 0.6) is 11.6 Å². The Balaban J connectivity index is 1.48. The molecule has 3 heterocycles. The predicted octanol–water partition coefficient (Wildman–Crippen LogP) is 5.75. The van der Waals surface area contributed by atoms with Crippen molar-refractivity contribution in [3.8, 4) is 11.6 Å². The van der Waals surface area contributed by atoms with E-state index in [1.165, 1.54) is 23.1 Å². The molecule has 1 saturated heterocycles. The number of fused-ring (bicyclic) bond motifs is 1. The number of alkyl halides is 3. The Hall–Kier alpha value is -3.76. The van der Waals surface area contributed by atoms with Crippen molar-refractivity contribution in [2.75, 3.05) is 24.5 Å². The summed E-state index contributed by atoms with van der Waals surface area (Å²) in [6, 6.07) is 7.37. The quantitative estimate of drug-likeness (QED) is 0.412. The van der Waals surface area contributed by atoms with Crippen molar-refractivity contribution in [3.05, 3.63) is 76.5 Å². The Bertz CT molecular complexity index is 1320. The van der Waals surface area contributed by atoms with E-state index >= 15 is 0 Å². The highest BCUT2D eigenvalue weighted by Crippen LogP contribution is 2.34. The van der Waals surface area contributed by atoms with Crippen LogP contribution in [0.25, 0.3) is 0 Å². The van der Waals surface area contributed by atoms with Crippen LogP contribution in [0.1, 0.15) is 46.4 Å². The average molecular weight is 518 g/mol. The van der Waals surface area contributed by atoms with Gasteiger partial charge in [-0.1, -0.05) is 6.07 Å². The molecule has 11 heteroatoms. The second kappa shape index (κ2) is 9.95. The molecule has 2 aliphatic heterocycles. The molecule has 194 valence electrons. The first-order valence-electron chi connectivity index (χ1n) is 11.9. The summed E-state index contributed by atoms with van der Waals surface area (Å²) in [6.45, 7) is 1.76. The molecular weight excluding hydrogens is 495 g/mol. The topological polar surface area (TPSA) is 58.6 Å². The van der Waals surface area contributed by atoms with Crippen molar-refractivity contribution >= 4 is 11.9 Å². The van der Waals surface area contributed by atoms with Crippen molar-refractivity contribution in [3.63, 3.8) is 0 Å². The molecule has 0 radical (unpaired) electrons. The summed E-state index contributed by atoms with van der Waals surface area (Å²) in [5.41, 5.74) is 0.109. The first-order chi connectivity index (χ1) is 17.7. The van der Waals surface area contributed by atoms with Crippen LogP contribution in [0.2, 0.25) is 0 Å². The van der Waals surface area contributed by atoms with Gasteiger partial charge in [0, 0.05) is 37.7 Å². The highest BCUT2D eigenvalue weighted by atomic mass is 19.4. The lowest BCUT2D eigenvalue weighted by Crippen LogP contribution is -2.38. The summed E-state index contributed by atoms with van der Waals surface area (Å²) in [5, 5.41) is 0. The molecule has 5 rings (SSSR count). The van der Waals surface area contributed by atoms with E-state index in [2.05, 4.69) is 4.98 Å². The molecule has 1 aromatic heterocycles. The normalized spacial score (nSPS) is 15.9. The molecule has 0 N–H and O–H groups in total. The van der Waals surface area contributed by atoms with Crippen LogP contribution in [0.4, 0.5) is 27.9 Å². The summed E-state index contributed by atoms with van der Waals surface area (Å²) in [4.78, 5) is 25.8. The maximum Gasteiger partial charge on any atom is 0.416 e. The standard InChI is InChI=1S/C26H23F5N4O2/c27-20-8-7-18(14-21(20)28)37-23-19-15-35(24(36)16-5-4-6-17(13-16)26(29,30)31)12-9-22(19)32-25(33-23)34-10-2-1-3-11-34/h4-8,13-14H,1-3,9-12,15H2. The molecule has 0 spiro atoms. The van der Waals surface area contributed by atoms with Crippen LogP contribution in [0.3, 0.4) is 0 Å². The van der Waals surface area contributed by atoms with Gasteiger partial charge in [-0.2, -0.15) is 18.2 Å². The van der Waals surface area contributed by atoms with Gasteiger partial charge in [-0.3, -0.25) is 4.79 Å². The Morgan fingerprint density at radius 2 is 1.70 bits per heavy atom. The van der Waals surface area contributed by atoms with E-state index in [0.717, 1.165) is 56.6 Å². The SMILES string of the molecule is O=C(c1cccc(C(F)(F)F)c1)N1CCc2nc(N3CCCCC3)nc(Oc3ccc(F)c(F)c3)c2C1. The van der Waals surface area contributed by atoms with Crippen molar-refractivity contribution < 1.29 is 31.5 Å². The Kier molecular flexibility index (Phi) is 6.70. The molecule has 3 aromatic rings. The molecule has 0 atom stereocenters. The van der Waals surface area contributed by atoms with Crippen molar-refractivity contribution in [2.45, 2.75) is 38.4 Å². The number of nitrogens with zero attached hydrogens (tertiary/aromatic N) is 4. The van der Waals surface area contributed by atoms with Gasteiger partial charge in [-0.15, -0.1) is 0 Å². The minimum absolute atomic E-state index is 0.0102. The lowest BCUT2D eigenvalue weighted by Gasteiger charge is -2.32. The Morgan fingerprint density at radius 1 is 0.919 bits per heavy atom. The number of amides is 1. The highest BCUT2D eigenvalue weighted by molar-refractivity contribution is 5.94. The van der Waals surface area contributed by atoms with E-state index in [1.807, 2.05) is 4.90 Å². The van der Waals surface area contributed by atoms with Gasteiger partial charge in [0.15, 0.2) is 11.6 Å². The van der Waals surface area contributed by atoms with Crippen molar-refractivity contribution in [2.24, 2.45) is 0 Å². The minimum Gasteiger partial charge on any atom is -0.438 e. The van der Waals surface area contributed by atoms with Gasteiger partial charge in [0.1, 0.15) is 5.75 Å². The number of piperidine rings is 1. The van der Waals surface area contributed by atoms with E-state index in [9.17, 15) is 26.7 Å². The fourth-order valence-corrected chi connectivity index (χ4v) is 4.53. The van der Waals surface area contributed by atoms with Gasteiger partial charge < -0.3 is 14.5 Å². The maximum absolute atomic E-state index is 13.8. The van der Waals surface area contributed by atoms with Crippen LogP contribution in [0, 0.1) is 11.6 Å². The molecule has 0 bridgehead atoms. The summed E-state index contributed by atoms with van der Waals surface area (Å²) in [6.07, 6.45) is -1.17. The highest BCUT2D eigenvalue weighted by Gasteiger charge is 2.33. The van der Waals surface area contributed by atoms with Crippen LogP contribution >= 0.6 is 0 Å². The predicted molar refractivity (Wildman–Crippen MR) is 124 cm³/mol. The zero-order valence-corrected chi connectivity index (χ0v) is 19.7. The third-order valence-corrected chi connectivity index (χ3v) is 6.48. The molecule has 6 nitrogen and oxygen atoms in total. The molecule has 0 aliphatic carbocycles. The summed E-state index contributed by atoms with van der Waals surface area (Å²) < 4.78 is 72.6. The van der Waals surface area contributed by atoms with Crippen molar-refractivity contribution in [1.82, 2.24) is 14.9 Å². The summed E-state index contributed by atoms with van der Waals surface area (Å²) >= 11 is 0. The lowest BCUT2D eigenvalue weighted by molar-refractivity contribution is -0.137. The number of benzene rings is 2. The van der Waals surface area contributed by atoms with Crippen LogP contribution in [-0.4, -0.2) is 40.4 Å². The number of anilines is 1. The average Bonchev–Trinajstić information content (AvgIpc) is 2.90. The molecule has 1 fully saturated rings. The van der Waals surface area contributed by atoms with E-state index in [4.69, 9.17) is 9.72 Å². The monoisotopic (exact) mass is 518 g/mol. The third kappa shape index (κ3) is 5.35. The maximum atomic E-state index is 13.8. The van der Waals surface area contributed by atoms with E-state index in [-0.39, 0.29) is 30.3 Å². The summed E-state index contributed by atoms with van der Waals surface area (Å²) in [7, 11) is 0. The first-order valence-corrected chi connectivity index (χ1v) is 11.9. The molecule has 37 heavy (non-hydrogen) atoms. The Morgan fingerprint density at radius 3 is 2.43 bits per heavy atom. The number of hydrogen-bond donors (Lipinski definition) is 0. The van der Waals surface area contributed by atoms with Gasteiger partial charge >= 0.3 is 6.18 Å². The van der Waals surface area contributed by atoms with Gasteiger partial charge in [0.05, 0.1) is 23.4 Å². The number of aromatic nitrogens is 2. The molecular formula is C26H23F5N4O2. The molecule has 2 aromatic carbocycles. The van der Waals surface area contributed by atoms with Gasteiger partial charge in [0.2, 0.25) is 11.8 Å². The minimum atomic E-state index is -4.57. The second-order valence-corrected chi connectivity index (χ2v) is 9.03. The summed E-state index contributed by atoms with van der Waals surface area (Å²) in [5.74, 6) is -2.12. The number of rotatable bonds is 4. The van der Waals surface area contributed by atoms with Crippen LogP contribution in [0.15, 0.2) is 42.5 Å². The molecule has 0 saturated carbocycles. The zero-order chi connectivity index (χ0) is 26.2. The van der Waals surface area contributed by atoms with E-state index < -0.39 is 29.3 Å². The molecule has 1 amide bonds. The largest absolute Gasteiger partial charge is 0.438 e. The lowest BCUT2D eigenvalue weighted by atomic mass is 10.0. The number of ether oxygens (including phenoxy) is 1. The Labute approximate surface area is 209 Å². The number of halogens is 5. The fraction of sp³-hybridized carbons (Fsp3) is 0.346. The number of carbonyl (C=O) groups excluding carboxylic acids is 1. The van der Waals surface area contributed by atoms with Crippen LogP contribution < -0.4 is 9.64 Å². The molecule has 2 aliphatic rings. The zero-order valence-electron chi connectivity index (χ0n) is 19.7. The second-order valence-electron chi connectivity index (χ2n) is 9.03. The van der Waals surface area contributed by atoms with E-state index in [0.29, 0.717) is 23.6 Å². The number of hydrogen-bond acceptors (Lipinski definition) is 5. The molecule has 0 unspecified atom stereocenters. The van der Waals surface area contributed by atoms with Crippen LogP contribution in [-0.2, 0) is 19.1 Å². The van der Waals surface area contributed by atoms with Crippen molar-refractivity contribution in [1.29, 1.82) is 0 Å². The fourth-order valence-electron chi connectivity index (χ4n) is 4.53. The van der Waals surface area contributed by atoms with Gasteiger partial charge in [-0.25, -0.2) is 13.8 Å². The van der Waals surface area contributed by atoms with Gasteiger partial charge in [0.25, 0.3) is 5.91 Å². The smallest absolute Gasteiger partial charge is 0.416 e. The van der Waals surface area contributed by atoms with E-state index in [1.54, 1.807) is 0 Å².